The zero-order valence-electron chi connectivity index (χ0n) is 10.8. The van der Waals surface area contributed by atoms with E-state index in [-0.39, 0.29) is 17.4 Å². The van der Waals surface area contributed by atoms with Gasteiger partial charge < -0.3 is 15.4 Å². The predicted octanol–water partition coefficient (Wildman–Crippen LogP) is 1.06. The van der Waals surface area contributed by atoms with Crippen molar-refractivity contribution in [3.63, 3.8) is 0 Å². The molecule has 98 valence electrons. The topological polar surface area (TPSA) is 50.4 Å². The molecule has 2 saturated heterocycles. The Labute approximate surface area is 103 Å². The maximum atomic E-state index is 12.2. The van der Waals surface area contributed by atoms with Crippen molar-refractivity contribution in [1.29, 1.82) is 0 Å². The highest BCUT2D eigenvalue weighted by Crippen LogP contribution is 2.29. The van der Waals surface area contributed by atoms with E-state index in [1.54, 1.807) is 0 Å². The summed E-state index contributed by atoms with van der Waals surface area (Å²) in [7, 11) is 0. The highest BCUT2D eigenvalue weighted by atomic mass is 16.5. The van der Waals surface area contributed by atoms with Gasteiger partial charge in [-0.1, -0.05) is 6.92 Å². The highest BCUT2D eigenvalue weighted by Gasteiger charge is 2.39. The number of carbonyl (C=O) groups is 1. The predicted molar refractivity (Wildman–Crippen MR) is 66.8 cm³/mol. The van der Waals surface area contributed by atoms with Gasteiger partial charge in [0, 0.05) is 19.7 Å². The van der Waals surface area contributed by atoms with Gasteiger partial charge in [-0.15, -0.1) is 0 Å². The van der Waals surface area contributed by atoms with Gasteiger partial charge in [0.1, 0.15) is 0 Å². The van der Waals surface area contributed by atoms with Crippen molar-refractivity contribution in [2.24, 2.45) is 5.41 Å². The Hall–Kier alpha value is -0.610. The van der Waals surface area contributed by atoms with Crippen molar-refractivity contribution in [2.45, 2.75) is 45.1 Å². The first-order valence-electron chi connectivity index (χ1n) is 6.87. The third kappa shape index (κ3) is 2.99. The Morgan fingerprint density at radius 3 is 3.00 bits per heavy atom. The summed E-state index contributed by atoms with van der Waals surface area (Å²) in [6.45, 7) is 5.41. The molecule has 0 aliphatic carbocycles. The lowest BCUT2D eigenvalue weighted by Gasteiger charge is -2.28. The first-order valence-corrected chi connectivity index (χ1v) is 6.87. The Morgan fingerprint density at radius 2 is 2.41 bits per heavy atom. The minimum atomic E-state index is -0.172. The van der Waals surface area contributed by atoms with E-state index in [2.05, 4.69) is 17.6 Å². The number of ether oxygens (including phenoxy) is 1. The minimum Gasteiger partial charge on any atom is -0.376 e. The molecular weight excluding hydrogens is 216 g/mol. The summed E-state index contributed by atoms with van der Waals surface area (Å²) in [5, 5.41) is 6.37. The van der Waals surface area contributed by atoms with Gasteiger partial charge >= 0.3 is 0 Å². The van der Waals surface area contributed by atoms with Gasteiger partial charge in [-0.05, 0) is 38.6 Å². The number of carbonyl (C=O) groups excluding carboxylic acids is 1. The second-order valence-corrected chi connectivity index (χ2v) is 5.26. The number of amides is 1. The van der Waals surface area contributed by atoms with Gasteiger partial charge in [0.2, 0.25) is 5.91 Å². The molecule has 0 radical (unpaired) electrons. The van der Waals surface area contributed by atoms with Gasteiger partial charge in [-0.25, -0.2) is 0 Å². The first-order chi connectivity index (χ1) is 8.27. The maximum absolute atomic E-state index is 12.2. The number of rotatable bonds is 4. The fraction of sp³-hybridized carbons (Fsp3) is 0.923. The van der Waals surface area contributed by atoms with E-state index < -0.39 is 0 Å². The van der Waals surface area contributed by atoms with E-state index in [9.17, 15) is 4.79 Å². The summed E-state index contributed by atoms with van der Waals surface area (Å²) in [6.07, 6.45) is 5.57. The van der Waals surface area contributed by atoms with E-state index in [0.29, 0.717) is 6.54 Å². The normalized spacial score (nSPS) is 33.6. The van der Waals surface area contributed by atoms with Gasteiger partial charge in [-0.3, -0.25) is 4.79 Å². The summed E-state index contributed by atoms with van der Waals surface area (Å²) >= 11 is 0. The molecule has 4 heteroatoms. The van der Waals surface area contributed by atoms with Crippen LogP contribution in [0.3, 0.4) is 0 Å². The van der Waals surface area contributed by atoms with Crippen LogP contribution in [-0.2, 0) is 9.53 Å². The molecule has 0 aromatic carbocycles. The van der Waals surface area contributed by atoms with Gasteiger partial charge in [0.15, 0.2) is 0 Å². The molecule has 2 N–H and O–H groups in total. The molecule has 17 heavy (non-hydrogen) atoms. The molecule has 0 aromatic heterocycles. The van der Waals surface area contributed by atoms with Crippen LogP contribution in [0.2, 0.25) is 0 Å². The fourth-order valence-electron chi connectivity index (χ4n) is 2.76. The Kier molecular flexibility index (Phi) is 4.40. The zero-order valence-corrected chi connectivity index (χ0v) is 10.8. The molecule has 0 bridgehead atoms. The van der Waals surface area contributed by atoms with E-state index in [1.807, 2.05) is 0 Å². The average molecular weight is 240 g/mol. The van der Waals surface area contributed by atoms with Crippen molar-refractivity contribution in [1.82, 2.24) is 10.6 Å². The van der Waals surface area contributed by atoms with Crippen LogP contribution in [-0.4, -0.2) is 38.3 Å². The van der Waals surface area contributed by atoms with Gasteiger partial charge in [0.05, 0.1) is 11.5 Å². The highest BCUT2D eigenvalue weighted by molar-refractivity contribution is 5.83. The van der Waals surface area contributed by atoms with Crippen LogP contribution in [0.4, 0.5) is 0 Å². The van der Waals surface area contributed by atoms with Crippen molar-refractivity contribution in [3.05, 3.63) is 0 Å². The molecule has 2 rings (SSSR count). The average Bonchev–Trinajstić information content (AvgIpc) is 2.87. The first kappa shape index (κ1) is 12.8. The van der Waals surface area contributed by atoms with E-state index in [1.165, 1.54) is 6.42 Å². The summed E-state index contributed by atoms with van der Waals surface area (Å²) in [6, 6.07) is 0. The molecule has 0 spiro atoms. The van der Waals surface area contributed by atoms with Crippen LogP contribution >= 0.6 is 0 Å². The largest absolute Gasteiger partial charge is 0.376 e. The fourth-order valence-corrected chi connectivity index (χ4v) is 2.76. The molecule has 2 heterocycles. The molecule has 0 saturated carbocycles. The monoisotopic (exact) mass is 240 g/mol. The van der Waals surface area contributed by atoms with Crippen molar-refractivity contribution >= 4 is 5.91 Å². The van der Waals surface area contributed by atoms with Gasteiger partial charge in [-0.2, -0.15) is 0 Å². The van der Waals surface area contributed by atoms with Crippen LogP contribution in [0.1, 0.15) is 39.0 Å². The van der Waals surface area contributed by atoms with E-state index in [0.717, 1.165) is 45.4 Å². The molecule has 2 atom stereocenters. The second kappa shape index (κ2) is 5.83. The number of nitrogens with one attached hydrogen (secondary N) is 2. The maximum Gasteiger partial charge on any atom is 0.227 e. The van der Waals surface area contributed by atoms with Crippen LogP contribution in [0.15, 0.2) is 0 Å². The third-order valence-electron chi connectivity index (χ3n) is 4.17. The summed E-state index contributed by atoms with van der Waals surface area (Å²) < 4.78 is 5.63. The lowest BCUT2D eigenvalue weighted by Crippen LogP contribution is -2.45. The lowest BCUT2D eigenvalue weighted by molar-refractivity contribution is -0.131. The standard InChI is InChI=1S/C13H24N2O2/c1-2-13(6-7-14-10-13)12(16)15-9-11-5-3-4-8-17-11/h11,14H,2-10H2,1H3,(H,15,16). The van der Waals surface area contributed by atoms with Crippen LogP contribution in [0, 0.1) is 5.41 Å². The minimum absolute atomic E-state index is 0.172. The molecule has 2 fully saturated rings. The van der Waals surface area contributed by atoms with Crippen molar-refractivity contribution in [3.8, 4) is 0 Å². The van der Waals surface area contributed by atoms with E-state index >= 15 is 0 Å². The van der Waals surface area contributed by atoms with Crippen LogP contribution in [0.25, 0.3) is 0 Å². The molecule has 1 amide bonds. The number of hydrogen-bond acceptors (Lipinski definition) is 3. The number of hydrogen-bond donors (Lipinski definition) is 2. The van der Waals surface area contributed by atoms with Crippen molar-refractivity contribution < 1.29 is 9.53 Å². The molecular formula is C13H24N2O2. The molecule has 4 nitrogen and oxygen atoms in total. The quantitative estimate of drug-likeness (QED) is 0.772. The SMILES string of the molecule is CCC1(C(=O)NCC2CCCCO2)CCNC1. The Bertz CT molecular complexity index is 256. The molecule has 2 unspecified atom stereocenters. The summed E-state index contributed by atoms with van der Waals surface area (Å²) in [5.41, 5.74) is -0.172. The Balaban J connectivity index is 1.79. The second-order valence-electron chi connectivity index (χ2n) is 5.26. The molecule has 2 aliphatic rings. The van der Waals surface area contributed by atoms with Crippen LogP contribution < -0.4 is 10.6 Å². The summed E-state index contributed by atoms with van der Waals surface area (Å²) in [4.78, 5) is 12.2. The summed E-state index contributed by atoms with van der Waals surface area (Å²) in [5.74, 6) is 0.208. The third-order valence-corrected chi connectivity index (χ3v) is 4.17. The molecule has 0 aromatic rings. The smallest absolute Gasteiger partial charge is 0.227 e. The van der Waals surface area contributed by atoms with Crippen LogP contribution in [0.5, 0.6) is 0 Å². The Morgan fingerprint density at radius 1 is 1.53 bits per heavy atom. The molecule has 2 aliphatic heterocycles. The lowest BCUT2D eigenvalue weighted by atomic mass is 9.83. The van der Waals surface area contributed by atoms with Gasteiger partial charge in [0.25, 0.3) is 0 Å². The zero-order chi connectivity index (χ0) is 12.1. The van der Waals surface area contributed by atoms with Crippen molar-refractivity contribution in [2.75, 3.05) is 26.2 Å². The van der Waals surface area contributed by atoms with E-state index in [4.69, 9.17) is 4.74 Å².